The molecule has 1 aromatic heterocycles. The fraction of sp³-hybridized carbons (Fsp3) is 0.226. The number of nitrogens with zero attached hydrogens (tertiary/aromatic N) is 3. The van der Waals surface area contributed by atoms with Gasteiger partial charge >= 0.3 is 0 Å². The predicted molar refractivity (Wildman–Crippen MR) is 159 cm³/mol. The molecule has 9 heteroatoms. The van der Waals surface area contributed by atoms with Crippen LogP contribution in [0.4, 0.5) is 11.4 Å². The summed E-state index contributed by atoms with van der Waals surface area (Å²) in [5.74, 6) is 0. The van der Waals surface area contributed by atoms with Gasteiger partial charge in [-0.15, -0.1) is 5.53 Å². The molecule has 7 rings (SSSR count). The lowest BCUT2D eigenvalue weighted by atomic mass is 9.69. The van der Waals surface area contributed by atoms with Crippen LogP contribution in [0.5, 0.6) is 0 Å². The van der Waals surface area contributed by atoms with Crippen LogP contribution < -0.4 is 21.6 Å². The Labute approximate surface area is 239 Å². The molecule has 2 radical (unpaired) electrons. The van der Waals surface area contributed by atoms with Gasteiger partial charge in [0.05, 0.1) is 38.5 Å². The van der Waals surface area contributed by atoms with Crippen LogP contribution in [0.25, 0.3) is 10.9 Å². The van der Waals surface area contributed by atoms with Crippen molar-refractivity contribution < 1.29 is 0 Å². The second-order valence-corrected chi connectivity index (χ2v) is 11.2. The first-order chi connectivity index (χ1) is 19.5. The molecule has 2 saturated carbocycles. The minimum Gasteiger partial charge on any atom is -0.378 e. The minimum atomic E-state index is -1.09. The SMILES string of the molecule is [B]C(Nc1cc(Cl)c2ncc(C#N)c(NC3(c4ccccc4)CC3)c2c1)(C1=CN(C2CC2)NN1)c1ccccc1. The van der Waals surface area contributed by atoms with Gasteiger partial charge in [-0.1, -0.05) is 72.3 Å². The first-order valence-corrected chi connectivity index (χ1v) is 13.9. The van der Waals surface area contributed by atoms with Crippen LogP contribution in [0.2, 0.25) is 5.02 Å². The maximum absolute atomic E-state index is 10.0. The zero-order chi connectivity index (χ0) is 27.3. The van der Waals surface area contributed by atoms with Crippen LogP contribution in [0.1, 0.15) is 42.4 Å². The molecule has 1 aliphatic heterocycles. The summed E-state index contributed by atoms with van der Waals surface area (Å²) in [5, 5.41) is 20.6. The number of fused-ring (bicyclic) bond motifs is 1. The number of aromatic nitrogens is 1. The van der Waals surface area contributed by atoms with Gasteiger partial charge in [-0.2, -0.15) is 5.26 Å². The molecule has 0 amide bonds. The summed E-state index contributed by atoms with van der Waals surface area (Å²) in [6.45, 7) is 0. The summed E-state index contributed by atoms with van der Waals surface area (Å²) in [5.41, 5.74) is 10.6. The van der Waals surface area contributed by atoms with Crippen molar-refractivity contribution in [3.8, 4) is 6.07 Å². The van der Waals surface area contributed by atoms with Gasteiger partial charge in [-0.05, 0) is 48.9 Å². The molecule has 196 valence electrons. The van der Waals surface area contributed by atoms with E-state index < -0.39 is 5.44 Å². The van der Waals surface area contributed by atoms with Crippen LogP contribution in [-0.4, -0.2) is 23.9 Å². The number of anilines is 2. The monoisotopic (exact) mass is 543 g/mol. The molecule has 40 heavy (non-hydrogen) atoms. The van der Waals surface area contributed by atoms with Crippen molar-refractivity contribution in [2.45, 2.75) is 42.7 Å². The van der Waals surface area contributed by atoms with Crippen molar-refractivity contribution in [3.63, 3.8) is 0 Å². The van der Waals surface area contributed by atoms with Crippen molar-refractivity contribution >= 4 is 41.7 Å². The number of nitrogens with one attached hydrogen (secondary N) is 4. The number of halogens is 1. The predicted octanol–water partition coefficient (Wildman–Crippen LogP) is 5.62. The first-order valence-electron chi connectivity index (χ1n) is 13.5. The lowest BCUT2D eigenvalue weighted by molar-refractivity contribution is 0.260. The molecular weight excluding hydrogens is 517 g/mol. The molecule has 2 fully saturated rings. The summed E-state index contributed by atoms with van der Waals surface area (Å²) < 4.78 is 0. The smallest absolute Gasteiger partial charge is 0.119 e. The van der Waals surface area contributed by atoms with E-state index in [4.69, 9.17) is 19.4 Å². The molecular formula is C31H27BClN7. The highest BCUT2D eigenvalue weighted by Gasteiger charge is 2.45. The van der Waals surface area contributed by atoms with E-state index in [0.717, 1.165) is 48.0 Å². The number of hydrogen-bond donors (Lipinski definition) is 4. The standard InChI is InChI=1S/C31H27BClN7/c32-31(22-9-5-2-6-10-22,27-19-40(39-38-27)24-11-12-24)36-23-15-25-28(20(17-34)18-35-29(25)26(33)16-23)37-30(13-14-30)21-7-3-1-4-8-21/h1-10,15-16,18-19,24,36,38-39H,11-14H2,(H,35,37). The van der Waals surface area contributed by atoms with Gasteiger partial charge in [0.25, 0.3) is 0 Å². The summed E-state index contributed by atoms with van der Waals surface area (Å²) >= 11 is 6.84. The van der Waals surface area contributed by atoms with Gasteiger partial charge in [0.2, 0.25) is 0 Å². The summed E-state index contributed by atoms with van der Waals surface area (Å²) in [6, 6.07) is 26.8. The largest absolute Gasteiger partial charge is 0.378 e. The van der Waals surface area contributed by atoms with E-state index in [1.54, 1.807) is 6.20 Å². The number of hydrogen-bond acceptors (Lipinski definition) is 7. The molecule has 1 unspecified atom stereocenters. The van der Waals surface area contributed by atoms with Crippen molar-refractivity contribution in [2.75, 3.05) is 10.6 Å². The van der Waals surface area contributed by atoms with E-state index in [9.17, 15) is 5.26 Å². The number of benzene rings is 3. The van der Waals surface area contributed by atoms with Gasteiger partial charge in [-0.3, -0.25) is 9.99 Å². The highest BCUT2D eigenvalue weighted by atomic mass is 35.5. The second-order valence-electron chi connectivity index (χ2n) is 10.8. The average molecular weight is 544 g/mol. The van der Waals surface area contributed by atoms with Gasteiger partial charge in [0.1, 0.15) is 13.9 Å². The molecule has 0 bridgehead atoms. The average Bonchev–Trinajstić information content (AvgIpc) is 3.93. The maximum Gasteiger partial charge on any atom is 0.119 e. The number of pyridine rings is 1. The Hall–Kier alpha value is -4.19. The number of nitriles is 1. The van der Waals surface area contributed by atoms with Gasteiger partial charge < -0.3 is 16.1 Å². The van der Waals surface area contributed by atoms with E-state index >= 15 is 0 Å². The van der Waals surface area contributed by atoms with E-state index in [2.05, 4.69) is 49.8 Å². The zero-order valence-electron chi connectivity index (χ0n) is 21.8. The second kappa shape index (κ2) is 9.48. The molecule has 3 aliphatic rings. The van der Waals surface area contributed by atoms with Crippen molar-refractivity contribution in [2.24, 2.45) is 0 Å². The molecule has 0 spiro atoms. The third-order valence-electron chi connectivity index (χ3n) is 8.01. The Balaban J connectivity index is 1.32. The quantitative estimate of drug-likeness (QED) is 0.214. The van der Waals surface area contributed by atoms with Crippen LogP contribution in [-0.2, 0) is 11.0 Å². The molecule has 2 aliphatic carbocycles. The maximum atomic E-state index is 10.0. The van der Waals surface area contributed by atoms with E-state index in [-0.39, 0.29) is 5.54 Å². The molecule has 1 atom stereocenters. The molecule has 4 N–H and O–H groups in total. The molecule has 3 aromatic carbocycles. The van der Waals surface area contributed by atoms with Gasteiger partial charge in [0.15, 0.2) is 0 Å². The Morgan fingerprint density at radius 2 is 1.80 bits per heavy atom. The Kier molecular flexibility index (Phi) is 5.88. The first kappa shape index (κ1) is 24.8. The molecule has 2 heterocycles. The lowest BCUT2D eigenvalue weighted by Crippen LogP contribution is -2.45. The Morgan fingerprint density at radius 3 is 2.48 bits per heavy atom. The number of hydrazine groups is 2. The molecule has 4 aromatic rings. The fourth-order valence-electron chi connectivity index (χ4n) is 5.46. The zero-order valence-corrected chi connectivity index (χ0v) is 22.5. The molecule has 7 nitrogen and oxygen atoms in total. The Morgan fingerprint density at radius 1 is 1.07 bits per heavy atom. The summed E-state index contributed by atoms with van der Waals surface area (Å²) in [7, 11) is 7.18. The summed E-state index contributed by atoms with van der Waals surface area (Å²) in [4.78, 5) is 4.55. The third-order valence-corrected chi connectivity index (χ3v) is 8.30. The topological polar surface area (TPSA) is 88.0 Å². The van der Waals surface area contributed by atoms with Crippen LogP contribution >= 0.6 is 11.6 Å². The van der Waals surface area contributed by atoms with E-state index in [1.165, 1.54) is 5.56 Å². The lowest BCUT2D eigenvalue weighted by Gasteiger charge is -2.34. The molecule has 0 saturated heterocycles. The van der Waals surface area contributed by atoms with Crippen molar-refractivity contribution in [3.05, 3.63) is 113 Å². The van der Waals surface area contributed by atoms with Gasteiger partial charge in [-0.25, -0.2) is 0 Å². The number of rotatable bonds is 8. The normalized spacial score (nSPS) is 18.8. The van der Waals surface area contributed by atoms with Gasteiger partial charge in [0, 0.05) is 29.5 Å². The Bertz CT molecular complexity index is 1660. The van der Waals surface area contributed by atoms with Crippen molar-refractivity contribution in [1.29, 1.82) is 5.26 Å². The van der Waals surface area contributed by atoms with Crippen LogP contribution in [0.3, 0.4) is 0 Å². The third kappa shape index (κ3) is 4.32. The summed E-state index contributed by atoms with van der Waals surface area (Å²) in [6.07, 6.45) is 7.85. The van der Waals surface area contributed by atoms with Crippen LogP contribution in [0.15, 0.2) is 90.9 Å². The van der Waals surface area contributed by atoms with Crippen molar-refractivity contribution in [1.82, 2.24) is 21.0 Å². The van der Waals surface area contributed by atoms with E-state index in [1.807, 2.05) is 66.9 Å². The highest BCUT2D eigenvalue weighted by molar-refractivity contribution is 6.36. The minimum absolute atomic E-state index is 0.227. The fourth-order valence-corrected chi connectivity index (χ4v) is 5.73. The van der Waals surface area contributed by atoms with E-state index in [0.29, 0.717) is 27.8 Å². The van der Waals surface area contributed by atoms with Crippen LogP contribution in [0, 0.1) is 11.3 Å². The highest BCUT2D eigenvalue weighted by Crippen LogP contribution is 2.50.